The number of aromatic nitrogens is 2. The Morgan fingerprint density at radius 1 is 1.21 bits per heavy atom. The van der Waals surface area contributed by atoms with E-state index in [9.17, 15) is 9.59 Å². The second kappa shape index (κ2) is 9.34. The molecule has 1 amide bonds. The summed E-state index contributed by atoms with van der Waals surface area (Å²) in [6.07, 6.45) is 7.26. The maximum atomic E-state index is 13.1. The highest BCUT2D eigenvalue weighted by Gasteiger charge is 2.32. The van der Waals surface area contributed by atoms with Gasteiger partial charge in [0, 0.05) is 19.3 Å². The molecule has 1 N–H and O–H groups in total. The number of carbonyl (C=O) groups excluding carboxylic acids is 1. The summed E-state index contributed by atoms with van der Waals surface area (Å²) >= 11 is 6.63. The zero-order chi connectivity index (χ0) is 20.1. The van der Waals surface area contributed by atoms with E-state index >= 15 is 0 Å². The molecule has 0 spiro atoms. The Morgan fingerprint density at radius 2 is 2.04 bits per heavy atom. The SMILES string of the molecule is CCCCCN1C(=O)/C(=C\c2c(NCCC)nc3ccccn3c2=O)SC1=S. The fraction of sp³-hybridized carbons (Fsp3) is 0.400. The summed E-state index contributed by atoms with van der Waals surface area (Å²) in [6.45, 7) is 5.47. The molecule has 8 heteroatoms. The molecule has 6 nitrogen and oxygen atoms in total. The molecule has 0 aromatic carbocycles. The first-order valence-corrected chi connectivity index (χ1v) is 10.8. The predicted molar refractivity (Wildman–Crippen MR) is 120 cm³/mol. The van der Waals surface area contributed by atoms with Crippen LogP contribution in [0.5, 0.6) is 0 Å². The Balaban J connectivity index is 2.00. The lowest BCUT2D eigenvalue weighted by molar-refractivity contribution is -0.122. The molecular weight excluding hydrogens is 392 g/mol. The normalized spacial score (nSPS) is 15.8. The van der Waals surface area contributed by atoms with Gasteiger partial charge in [-0.25, -0.2) is 4.98 Å². The fourth-order valence-corrected chi connectivity index (χ4v) is 4.25. The van der Waals surface area contributed by atoms with E-state index in [1.54, 1.807) is 29.3 Å². The molecule has 2 aromatic rings. The van der Waals surface area contributed by atoms with Gasteiger partial charge in [-0.15, -0.1) is 0 Å². The third-order valence-corrected chi connectivity index (χ3v) is 5.82. The van der Waals surface area contributed by atoms with E-state index in [-0.39, 0.29) is 11.5 Å². The van der Waals surface area contributed by atoms with E-state index in [1.807, 2.05) is 13.0 Å². The van der Waals surface area contributed by atoms with E-state index in [0.29, 0.717) is 39.3 Å². The van der Waals surface area contributed by atoms with Crippen LogP contribution in [0.15, 0.2) is 34.1 Å². The lowest BCUT2D eigenvalue weighted by Gasteiger charge is -2.13. The van der Waals surface area contributed by atoms with Crippen molar-refractivity contribution in [3.05, 3.63) is 45.2 Å². The summed E-state index contributed by atoms with van der Waals surface area (Å²) in [5.41, 5.74) is 0.738. The van der Waals surface area contributed by atoms with Gasteiger partial charge in [-0.1, -0.05) is 56.7 Å². The lowest BCUT2D eigenvalue weighted by atomic mass is 10.2. The van der Waals surface area contributed by atoms with E-state index in [2.05, 4.69) is 17.2 Å². The molecule has 0 aliphatic carbocycles. The molecule has 0 saturated carbocycles. The van der Waals surface area contributed by atoms with Gasteiger partial charge in [0.1, 0.15) is 15.8 Å². The monoisotopic (exact) mass is 416 g/mol. The third kappa shape index (κ3) is 4.28. The molecular formula is C20H24N4O2S2. The molecule has 2 aromatic heterocycles. The minimum Gasteiger partial charge on any atom is -0.369 e. The topological polar surface area (TPSA) is 66.7 Å². The number of rotatable bonds is 8. The summed E-state index contributed by atoms with van der Waals surface area (Å²) in [7, 11) is 0. The number of thiocarbonyl (C=S) groups is 1. The van der Waals surface area contributed by atoms with Gasteiger partial charge in [-0.3, -0.25) is 18.9 Å². The highest BCUT2D eigenvalue weighted by atomic mass is 32.2. The van der Waals surface area contributed by atoms with Gasteiger partial charge in [-0.2, -0.15) is 0 Å². The van der Waals surface area contributed by atoms with Crippen LogP contribution in [0.25, 0.3) is 11.7 Å². The van der Waals surface area contributed by atoms with Gasteiger partial charge in [0.2, 0.25) is 0 Å². The fourth-order valence-electron chi connectivity index (χ4n) is 2.95. The molecule has 0 bridgehead atoms. The molecule has 1 saturated heterocycles. The second-order valence-corrected chi connectivity index (χ2v) is 8.25. The molecule has 1 fully saturated rings. The van der Waals surface area contributed by atoms with Crippen LogP contribution in [-0.2, 0) is 4.79 Å². The number of thioether (sulfide) groups is 1. The summed E-state index contributed by atoms with van der Waals surface area (Å²) in [5, 5.41) is 3.21. The second-order valence-electron chi connectivity index (χ2n) is 6.58. The van der Waals surface area contributed by atoms with Crippen molar-refractivity contribution in [3.63, 3.8) is 0 Å². The summed E-state index contributed by atoms with van der Waals surface area (Å²) < 4.78 is 2.04. The molecule has 0 radical (unpaired) electrons. The Kier molecular flexibility index (Phi) is 6.85. The highest BCUT2D eigenvalue weighted by Crippen LogP contribution is 2.33. The minimum atomic E-state index is -0.208. The largest absolute Gasteiger partial charge is 0.369 e. The Labute approximate surface area is 174 Å². The van der Waals surface area contributed by atoms with Crippen molar-refractivity contribution >= 4 is 51.7 Å². The minimum absolute atomic E-state index is 0.134. The van der Waals surface area contributed by atoms with Crippen LogP contribution in [0.2, 0.25) is 0 Å². The summed E-state index contributed by atoms with van der Waals surface area (Å²) in [5.74, 6) is 0.361. The van der Waals surface area contributed by atoms with Crippen molar-refractivity contribution in [2.45, 2.75) is 39.5 Å². The Morgan fingerprint density at radius 3 is 2.79 bits per heavy atom. The Bertz CT molecular complexity index is 984. The Hall–Kier alpha value is -2.19. The van der Waals surface area contributed by atoms with E-state index in [4.69, 9.17) is 12.2 Å². The number of unbranched alkanes of at least 4 members (excludes halogenated alkanes) is 2. The molecule has 0 atom stereocenters. The van der Waals surface area contributed by atoms with Gasteiger partial charge >= 0.3 is 0 Å². The van der Waals surface area contributed by atoms with Gasteiger partial charge < -0.3 is 5.32 Å². The number of nitrogens with zero attached hydrogens (tertiary/aromatic N) is 3. The van der Waals surface area contributed by atoms with Crippen LogP contribution in [0.4, 0.5) is 5.82 Å². The zero-order valence-electron chi connectivity index (χ0n) is 16.1. The number of amides is 1. The van der Waals surface area contributed by atoms with E-state index in [1.165, 1.54) is 16.2 Å². The first-order chi connectivity index (χ1) is 13.6. The van der Waals surface area contributed by atoms with Crippen molar-refractivity contribution in [2.75, 3.05) is 18.4 Å². The smallest absolute Gasteiger partial charge is 0.267 e. The molecule has 1 aliphatic heterocycles. The van der Waals surface area contributed by atoms with Crippen molar-refractivity contribution in [2.24, 2.45) is 0 Å². The van der Waals surface area contributed by atoms with Gasteiger partial charge in [0.05, 0.1) is 10.5 Å². The molecule has 28 heavy (non-hydrogen) atoms. The number of hydrogen-bond donors (Lipinski definition) is 1. The maximum Gasteiger partial charge on any atom is 0.267 e. The van der Waals surface area contributed by atoms with Gasteiger partial charge in [-0.05, 0) is 31.1 Å². The standard InChI is InChI=1S/C20H24N4O2S2/c1-3-5-7-12-24-19(26)15(28-20(24)27)13-14-17(21-10-4-2)22-16-9-6-8-11-23(16)18(14)25/h6,8-9,11,13,21H,3-5,7,10,12H2,1-2H3/b15-13+. The number of hydrogen-bond acceptors (Lipinski definition) is 6. The predicted octanol–water partition coefficient (Wildman–Crippen LogP) is 3.91. The third-order valence-electron chi connectivity index (χ3n) is 4.45. The number of anilines is 1. The van der Waals surface area contributed by atoms with Crippen LogP contribution >= 0.6 is 24.0 Å². The zero-order valence-corrected chi connectivity index (χ0v) is 17.7. The summed E-state index contributed by atoms with van der Waals surface area (Å²) in [6, 6.07) is 5.41. The van der Waals surface area contributed by atoms with Crippen LogP contribution < -0.4 is 10.9 Å². The van der Waals surface area contributed by atoms with Crippen molar-refractivity contribution in [3.8, 4) is 0 Å². The lowest BCUT2D eigenvalue weighted by Crippen LogP contribution is -2.29. The number of fused-ring (bicyclic) bond motifs is 1. The first-order valence-electron chi connectivity index (χ1n) is 9.57. The maximum absolute atomic E-state index is 13.1. The van der Waals surface area contributed by atoms with Crippen LogP contribution in [-0.4, -0.2) is 37.6 Å². The summed E-state index contributed by atoms with van der Waals surface area (Å²) in [4.78, 5) is 32.5. The van der Waals surface area contributed by atoms with Gasteiger partial charge in [0.25, 0.3) is 11.5 Å². The average molecular weight is 417 g/mol. The average Bonchev–Trinajstić information content (AvgIpc) is 2.96. The number of pyridine rings is 1. The molecule has 1 aliphatic rings. The molecule has 3 heterocycles. The number of nitrogens with one attached hydrogen (secondary N) is 1. The molecule has 3 rings (SSSR count). The van der Waals surface area contributed by atoms with Crippen molar-refractivity contribution in [1.29, 1.82) is 0 Å². The van der Waals surface area contributed by atoms with Crippen molar-refractivity contribution in [1.82, 2.24) is 14.3 Å². The van der Waals surface area contributed by atoms with E-state index in [0.717, 1.165) is 25.7 Å². The van der Waals surface area contributed by atoms with E-state index < -0.39 is 0 Å². The van der Waals surface area contributed by atoms with Crippen LogP contribution in [0, 0.1) is 0 Å². The van der Waals surface area contributed by atoms with Gasteiger partial charge in [0.15, 0.2) is 0 Å². The van der Waals surface area contributed by atoms with Crippen LogP contribution in [0.1, 0.15) is 45.1 Å². The van der Waals surface area contributed by atoms with Crippen LogP contribution in [0.3, 0.4) is 0 Å². The quantitative estimate of drug-likeness (QED) is 0.400. The first kappa shape index (κ1) is 20.5. The molecule has 148 valence electrons. The number of carbonyl (C=O) groups is 1. The highest BCUT2D eigenvalue weighted by molar-refractivity contribution is 8.26. The van der Waals surface area contributed by atoms with Crippen molar-refractivity contribution < 1.29 is 4.79 Å². The molecule has 0 unspecified atom stereocenters.